The van der Waals surface area contributed by atoms with Crippen LogP contribution in [-0.2, 0) is 6.18 Å². The summed E-state index contributed by atoms with van der Waals surface area (Å²) in [6.45, 7) is 1.96. The van der Waals surface area contributed by atoms with Gasteiger partial charge in [0.15, 0.2) is 0 Å². The number of aliphatic hydroxyl groups excluding tert-OH is 1. The molecule has 1 amide bonds. The van der Waals surface area contributed by atoms with E-state index in [0.29, 0.717) is 22.2 Å². The van der Waals surface area contributed by atoms with Crippen molar-refractivity contribution in [3.8, 4) is 28.3 Å². The average molecular weight is 497 g/mol. The smallest absolute Gasteiger partial charge is 0.417 e. The number of aromatic nitrogens is 3. The van der Waals surface area contributed by atoms with Crippen molar-refractivity contribution in [1.29, 1.82) is 0 Å². The number of hydrogen-bond donors (Lipinski definition) is 3. The molecule has 0 aliphatic heterocycles. The Balaban J connectivity index is 1.91. The van der Waals surface area contributed by atoms with Crippen molar-refractivity contribution in [2.24, 2.45) is 5.73 Å². The second-order valence-corrected chi connectivity index (χ2v) is 7.92. The van der Waals surface area contributed by atoms with E-state index < -0.39 is 17.6 Å². The van der Waals surface area contributed by atoms with Crippen LogP contribution in [0.5, 0.6) is 5.88 Å². The maximum atomic E-state index is 13.8. The summed E-state index contributed by atoms with van der Waals surface area (Å²) in [7, 11) is 1.43. The van der Waals surface area contributed by atoms with Gasteiger partial charge < -0.3 is 20.9 Å². The standard InChI is InChI=1S/C25H22F3N5O3/c1-13-6-7-14(20-16(22(29)35)4-3-5-18(20)25(26,27)28)10-17(13)19-11-15-12-31-24(30-8-9-34)33-21(15)23(32-19)36-2/h3-7,10-12,34H,8-9H2,1-2H3,(H2,29,35)(H,30,31,33). The molecule has 0 unspecified atom stereocenters. The highest BCUT2D eigenvalue weighted by molar-refractivity contribution is 6.01. The van der Waals surface area contributed by atoms with Gasteiger partial charge in [0.2, 0.25) is 17.7 Å². The zero-order valence-corrected chi connectivity index (χ0v) is 19.3. The largest absolute Gasteiger partial charge is 0.479 e. The lowest BCUT2D eigenvalue weighted by Gasteiger charge is -2.17. The molecule has 4 rings (SSSR count). The van der Waals surface area contributed by atoms with Crippen LogP contribution in [0.4, 0.5) is 19.1 Å². The lowest BCUT2D eigenvalue weighted by atomic mass is 9.90. The Morgan fingerprint density at radius 1 is 1.17 bits per heavy atom. The van der Waals surface area contributed by atoms with E-state index in [1.165, 1.54) is 25.3 Å². The molecule has 186 valence electrons. The van der Waals surface area contributed by atoms with Gasteiger partial charge >= 0.3 is 6.18 Å². The van der Waals surface area contributed by atoms with Crippen LogP contribution in [0.25, 0.3) is 33.3 Å². The number of methoxy groups -OCH3 is 1. The van der Waals surface area contributed by atoms with Crippen LogP contribution in [0.1, 0.15) is 21.5 Å². The fourth-order valence-electron chi connectivity index (χ4n) is 3.90. The molecule has 4 N–H and O–H groups in total. The number of fused-ring (bicyclic) bond motifs is 1. The summed E-state index contributed by atoms with van der Waals surface area (Å²) in [5.41, 5.74) is 6.19. The van der Waals surface area contributed by atoms with Crippen molar-refractivity contribution < 1.29 is 27.8 Å². The van der Waals surface area contributed by atoms with Crippen molar-refractivity contribution >= 4 is 22.8 Å². The van der Waals surface area contributed by atoms with Crippen molar-refractivity contribution in [3.63, 3.8) is 0 Å². The van der Waals surface area contributed by atoms with Crippen molar-refractivity contribution in [1.82, 2.24) is 15.0 Å². The average Bonchev–Trinajstić information content (AvgIpc) is 2.86. The van der Waals surface area contributed by atoms with Crippen LogP contribution in [0.2, 0.25) is 0 Å². The van der Waals surface area contributed by atoms with Crippen LogP contribution in [-0.4, -0.2) is 46.2 Å². The zero-order chi connectivity index (χ0) is 26.0. The maximum absolute atomic E-state index is 13.8. The number of nitrogens with two attached hydrogens (primary N) is 1. The van der Waals surface area contributed by atoms with Gasteiger partial charge in [0, 0.05) is 34.8 Å². The summed E-state index contributed by atoms with van der Waals surface area (Å²) in [5, 5.41) is 12.5. The van der Waals surface area contributed by atoms with Crippen LogP contribution in [0, 0.1) is 6.92 Å². The first-order chi connectivity index (χ1) is 17.1. The minimum Gasteiger partial charge on any atom is -0.479 e. The van der Waals surface area contributed by atoms with Crippen molar-refractivity contribution in [2.45, 2.75) is 13.1 Å². The summed E-state index contributed by atoms with van der Waals surface area (Å²) >= 11 is 0. The quantitative estimate of drug-likeness (QED) is 0.350. The molecule has 0 bridgehead atoms. The summed E-state index contributed by atoms with van der Waals surface area (Å²) < 4.78 is 47.0. The minimum atomic E-state index is -4.70. The fraction of sp³-hybridized carbons (Fsp3) is 0.200. The number of carbonyl (C=O) groups excluding carboxylic acids is 1. The number of primary amides is 1. The van der Waals surface area contributed by atoms with Gasteiger partial charge in [0.25, 0.3) is 0 Å². The number of aryl methyl sites for hydroxylation is 1. The Kier molecular flexibility index (Phi) is 6.75. The van der Waals surface area contributed by atoms with E-state index in [1.807, 2.05) is 0 Å². The topological polar surface area (TPSA) is 123 Å². The van der Waals surface area contributed by atoms with E-state index in [2.05, 4.69) is 20.3 Å². The molecule has 8 nitrogen and oxygen atoms in total. The normalized spacial score (nSPS) is 11.5. The van der Waals surface area contributed by atoms with Gasteiger partial charge in [-0.2, -0.15) is 13.2 Å². The lowest BCUT2D eigenvalue weighted by molar-refractivity contribution is -0.137. The van der Waals surface area contributed by atoms with Crippen LogP contribution in [0.15, 0.2) is 48.7 Å². The number of ether oxygens (including phenoxy) is 1. The molecular formula is C25H22F3N5O3. The zero-order valence-electron chi connectivity index (χ0n) is 19.3. The highest BCUT2D eigenvalue weighted by Gasteiger charge is 2.35. The van der Waals surface area contributed by atoms with Gasteiger partial charge in [-0.1, -0.05) is 18.2 Å². The summed E-state index contributed by atoms with van der Waals surface area (Å²) in [5.74, 6) is -0.493. The molecule has 4 aromatic rings. The summed E-state index contributed by atoms with van der Waals surface area (Å²) in [4.78, 5) is 25.1. The second kappa shape index (κ2) is 9.78. The minimum absolute atomic E-state index is 0.0970. The first-order valence-electron chi connectivity index (χ1n) is 10.8. The number of pyridine rings is 1. The van der Waals surface area contributed by atoms with Gasteiger partial charge in [-0.25, -0.2) is 15.0 Å². The molecule has 0 atom stereocenters. The first-order valence-corrected chi connectivity index (χ1v) is 10.8. The summed E-state index contributed by atoms with van der Waals surface area (Å²) in [6.07, 6.45) is -3.14. The van der Waals surface area contributed by atoms with Gasteiger partial charge in [0.05, 0.1) is 25.0 Å². The molecule has 0 aliphatic rings. The van der Waals surface area contributed by atoms with E-state index in [4.69, 9.17) is 15.6 Å². The number of carbonyl (C=O) groups is 1. The molecule has 2 aromatic heterocycles. The van der Waals surface area contributed by atoms with E-state index >= 15 is 0 Å². The second-order valence-electron chi connectivity index (χ2n) is 7.92. The molecule has 0 fully saturated rings. The highest BCUT2D eigenvalue weighted by Crippen LogP contribution is 2.41. The van der Waals surface area contributed by atoms with Crippen molar-refractivity contribution in [3.05, 3.63) is 65.4 Å². The van der Waals surface area contributed by atoms with Gasteiger partial charge in [-0.3, -0.25) is 4.79 Å². The van der Waals surface area contributed by atoms with Gasteiger partial charge in [0.1, 0.15) is 5.52 Å². The Bertz CT molecular complexity index is 1460. The molecule has 0 radical (unpaired) electrons. The number of benzene rings is 2. The number of halogens is 3. The number of amides is 1. The SMILES string of the molecule is COc1nc(-c2cc(-c3c(C(N)=O)cccc3C(F)(F)F)ccc2C)cc2cnc(NCCO)nc12. The predicted octanol–water partition coefficient (Wildman–Crippen LogP) is 4.20. The predicted molar refractivity (Wildman–Crippen MR) is 129 cm³/mol. The number of nitrogens with zero attached hydrogens (tertiary/aromatic N) is 3. The van der Waals surface area contributed by atoms with Gasteiger partial charge in [-0.15, -0.1) is 0 Å². The molecule has 2 heterocycles. The van der Waals surface area contributed by atoms with Crippen LogP contribution >= 0.6 is 0 Å². The number of anilines is 1. The summed E-state index contributed by atoms with van der Waals surface area (Å²) in [6, 6.07) is 9.74. The fourth-order valence-corrected chi connectivity index (χ4v) is 3.90. The number of alkyl halides is 3. The van der Waals surface area contributed by atoms with Crippen LogP contribution in [0.3, 0.4) is 0 Å². The molecule has 2 aromatic carbocycles. The van der Waals surface area contributed by atoms with E-state index in [1.54, 1.807) is 25.3 Å². The first kappa shape index (κ1) is 24.9. The molecular weight excluding hydrogens is 475 g/mol. The van der Waals surface area contributed by atoms with Crippen LogP contribution < -0.4 is 15.8 Å². The molecule has 11 heteroatoms. The van der Waals surface area contributed by atoms with Crippen molar-refractivity contribution in [2.75, 3.05) is 25.6 Å². The molecule has 0 saturated heterocycles. The Labute approximate surface area is 204 Å². The maximum Gasteiger partial charge on any atom is 0.417 e. The number of rotatable bonds is 7. The third kappa shape index (κ3) is 4.78. The Hall–Kier alpha value is -4.25. The lowest BCUT2D eigenvalue weighted by Crippen LogP contribution is -2.16. The van der Waals surface area contributed by atoms with E-state index in [9.17, 15) is 18.0 Å². The third-order valence-electron chi connectivity index (χ3n) is 5.56. The molecule has 0 saturated carbocycles. The molecule has 36 heavy (non-hydrogen) atoms. The van der Waals surface area contributed by atoms with Gasteiger partial charge in [-0.05, 0) is 42.3 Å². The van der Waals surface area contributed by atoms with E-state index in [0.717, 1.165) is 17.7 Å². The molecule has 0 spiro atoms. The highest BCUT2D eigenvalue weighted by atomic mass is 19.4. The monoisotopic (exact) mass is 497 g/mol. The molecule has 0 aliphatic carbocycles. The Morgan fingerprint density at radius 2 is 1.94 bits per heavy atom. The Morgan fingerprint density at radius 3 is 2.61 bits per heavy atom. The number of nitrogens with one attached hydrogen (secondary N) is 1. The number of aliphatic hydroxyl groups is 1. The van der Waals surface area contributed by atoms with E-state index in [-0.39, 0.29) is 41.7 Å². The number of hydrogen-bond acceptors (Lipinski definition) is 7. The third-order valence-corrected chi connectivity index (χ3v) is 5.56.